The number of rotatable bonds is 11. The van der Waals surface area contributed by atoms with Crippen LogP contribution in [0.2, 0.25) is 18.1 Å². The molecule has 1 aromatic rings. The van der Waals surface area contributed by atoms with E-state index in [0.717, 1.165) is 10.2 Å². The number of carbonyl (C=O) groups excluding carboxylic acids is 2. The van der Waals surface area contributed by atoms with Crippen LogP contribution in [0.5, 0.6) is 5.75 Å². The van der Waals surface area contributed by atoms with Crippen molar-refractivity contribution in [3.63, 3.8) is 0 Å². The molecule has 0 unspecified atom stereocenters. The van der Waals surface area contributed by atoms with Gasteiger partial charge in [0.2, 0.25) is 11.8 Å². The molecule has 11 heteroatoms. The Morgan fingerprint density at radius 2 is 1.95 bits per heavy atom. The van der Waals surface area contributed by atoms with Gasteiger partial charge in [0.15, 0.2) is 14.1 Å². The minimum atomic E-state index is -2.01. The number of carbonyl (C=O) groups is 2. The summed E-state index contributed by atoms with van der Waals surface area (Å²) < 4.78 is 30.5. The number of methoxy groups -OCH3 is 1. The first-order chi connectivity index (χ1) is 17.6. The molecule has 0 spiro atoms. The molecule has 0 saturated carbocycles. The zero-order valence-corrected chi connectivity index (χ0v) is 26.4. The van der Waals surface area contributed by atoms with Crippen LogP contribution in [0.25, 0.3) is 0 Å². The standard InChI is InChI=1S/C27H43BrN2O7Si/c1-26(2,3)38(7,8)35-16-18(15-34-20-11-9-10-19(28)12-20)13-29-25(32)23-24-21(36-27(4,5)37-24)14-30(23)22(31)17-33-6/h9-12,18,21,23-24H,13-17H2,1-8H3,(H,29,32)/t18-,21+,23+,24+/m1/s1. The summed E-state index contributed by atoms with van der Waals surface area (Å²) in [7, 11) is -0.558. The van der Waals surface area contributed by atoms with E-state index in [1.807, 2.05) is 38.1 Å². The Balaban J connectivity index is 1.71. The highest BCUT2D eigenvalue weighted by Crippen LogP contribution is 2.38. The van der Waals surface area contributed by atoms with Crippen LogP contribution in [0, 0.1) is 5.92 Å². The molecule has 0 aliphatic carbocycles. The molecule has 2 saturated heterocycles. The SMILES string of the molecule is COCC(=O)N1C[C@@H]2OC(C)(C)O[C@@H]2[C@H]1C(=O)NC[C@H](COc1cccc(Br)c1)CO[Si](C)(C)C(C)(C)C. The number of nitrogens with zero attached hydrogens (tertiary/aromatic N) is 1. The number of hydrogen-bond donors (Lipinski definition) is 1. The average molecular weight is 616 g/mol. The van der Waals surface area contributed by atoms with Gasteiger partial charge in [-0.05, 0) is 50.2 Å². The third-order valence-electron chi connectivity index (χ3n) is 7.43. The number of fused-ring (bicyclic) bond motifs is 1. The lowest BCUT2D eigenvalue weighted by Gasteiger charge is -2.37. The molecule has 2 amide bonds. The van der Waals surface area contributed by atoms with Crippen LogP contribution in [0.3, 0.4) is 0 Å². The van der Waals surface area contributed by atoms with Gasteiger partial charge in [0.25, 0.3) is 0 Å². The Bertz CT molecular complexity index is 984. The first-order valence-electron chi connectivity index (χ1n) is 13.1. The van der Waals surface area contributed by atoms with Crippen molar-refractivity contribution in [1.82, 2.24) is 10.2 Å². The van der Waals surface area contributed by atoms with Gasteiger partial charge in [-0.3, -0.25) is 9.59 Å². The molecule has 4 atom stereocenters. The average Bonchev–Trinajstić information content (AvgIpc) is 3.29. The van der Waals surface area contributed by atoms with E-state index in [2.05, 4.69) is 55.1 Å². The normalized spacial score (nSPS) is 23.7. The van der Waals surface area contributed by atoms with Gasteiger partial charge in [-0.1, -0.05) is 42.8 Å². The van der Waals surface area contributed by atoms with E-state index in [1.54, 1.807) is 0 Å². The summed E-state index contributed by atoms with van der Waals surface area (Å²) in [5.74, 6) is -0.756. The number of nitrogens with one attached hydrogen (secondary N) is 1. The number of hydrogen-bond acceptors (Lipinski definition) is 7. The predicted octanol–water partition coefficient (Wildman–Crippen LogP) is 3.96. The lowest BCUT2D eigenvalue weighted by atomic mass is 10.1. The number of amides is 2. The summed E-state index contributed by atoms with van der Waals surface area (Å²) in [6, 6.07) is 6.84. The first kappa shape index (κ1) is 31.0. The molecule has 1 N–H and O–H groups in total. The van der Waals surface area contributed by atoms with Gasteiger partial charge in [-0.2, -0.15) is 0 Å². The van der Waals surface area contributed by atoms with Crippen LogP contribution in [0.4, 0.5) is 0 Å². The fraction of sp³-hybridized carbons (Fsp3) is 0.704. The summed E-state index contributed by atoms with van der Waals surface area (Å²) in [5, 5.41) is 3.11. The zero-order valence-electron chi connectivity index (χ0n) is 23.8. The maximum Gasteiger partial charge on any atom is 0.249 e. The second-order valence-electron chi connectivity index (χ2n) is 12.0. The van der Waals surface area contributed by atoms with E-state index >= 15 is 0 Å². The fourth-order valence-corrected chi connectivity index (χ4v) is 5.80. The van der Waals surface area contributed by atoms with Gasteiger partial charge >= 0.3 is 0 Å². The third-order valence-corrected chi connectivity index (χ3v) is 12.4. The van der Waals surface area contributed by atoms with Crippen molar-refractivity contribution in [2.45, 2.75) is 76.8 Å². The van der Waals surface area contributed by atoms with Crippen molar-refractivity contribution in [3.05, 3.63) is 28.7 Å². The van der Waals surface area contributed by atoms with E-state index in [0.29, 0.717) is 19.8 Å². The van der Waals surface area contributed by atoms with Gasteiger partial charge in [-0.25, -0.2) is 0 Å². The topological polar surface area (TPSA) is 95.6 Å². The van der Waals surface area contributed by atoms with E-state index in [9.17, 15) is 9.59 Å². The minimum absolute atomic E-state index is 0.0552. The molecule has 2 aliphatic heterocycles. The van der Waals surface area contributed by atoms with E-state index in [4.69, 9.17) is 23.4 Å². The number of halogens is 1. The monoisotopic (exact) mass is 614 g/mol. The van der Waals surface area contributed by atoms with Crippen LogP contribution >= 0.6 is 15.9 Å². The highest BCUT2D eigenvalue weighted by Gasteiger charge is 2.56. The molecule has 38 heavy (non-hydrogen) atoms. The maximum atomic E-state index is 13.5. The highest BCUT2D eigenvalue weighted by molar-refractivity contribution is 9.10. The zero-order chi connectivity index (χ0) is 28.3. The molecular formula is C27H43BrN2O7Si. The Morgan fingerprint density at radius 3 is 2.58 bits per heavy atom. The van der Waals surface area contributed by atoms with Gasteiger partial charge in [-0.15, -0.1) is 0 Å². The molecule has 9 nitrogen and oxygen atoms in total. The maximum absolute atomic E-state index is 13.5. The minimum Gasteiger partial charge on any atom is -0.493 e. The lowest BCUT2D eigenvalue weighted by molar-refractivity contribution is -0.171. The van der Waals surface area contributed by atoms with Crippen molar-refractivity contribution < 1.29 is 33.0 Å². The van der Waals surface area contributed by atoms with Crippen molar-refractivity contribution in [3.8, 4) is 5.75 Å². The van der Waals surface area contributed by atoms with Crippen molar-refractivity contribution in [2.24, 2.45) is 5.92 Å². The number of ether oxygens (including phenoxy) is 4. The van der Waals surface area contributed by atoms with Gasteiger partial charge in [0.1, 0.15) is 30.6 Å². The van der Waals surface area contributed by atoms with Gasteiger partial charge < -0.3 is 33.6 Å². The molecule has 2 fully saturated rings. The molecule has 0 radical (unpaired) electrons. The summed E-state index contributed by atoms with van der Waals surface area (Å²) in [6.45, 7) is 15.9. The lowest BCUT2D eigenvalue weighted by Crippen LogP contribution is -2.53. The molecule has 1 aromatic carbocycles. The first-order valence-corrected chi connectivity index (χ1v) is 16.8. The Hall–Kier alpha value is -1.50. The molecule has 2 heterocycles. The van der Waals surface area contributed by atoms with E-state index in [1.165, 1.54) is 12.0 Å². The van der Waals surface area contributed by atoms with Crippen LogP contribution in [-0.4, -0.2) is 89.1 Å². The summed E-state index contributed by atoms with van der Waals surface area (Å²) >= 11 is 3.47. The quantitative estimate of drug-likeness (QED) is 0.377. The summed E-state index contributed by atoms with van der Waals surface area (Å²) in [6.07, 6.45) is -0.926. The molecule has 0 aromatic heterocycles. The molecule has 0 bridgehead atoms. The number of likely N-dealkylation sites (tertiary alicyclic amines) is 1. The fourth-order valence-electron chi connectivity index (χ4n) is 4.34. The second kappa shape index (κ2) is 12.3. The predicted molar refractivity (Wildman–Crippen MR) is 150 cm³/mol. The third kappa shape index (κ3) is 7.79. The van der Waals surface area contributed by atoms with Crippen LogP contribution in [0.1, 0.15) is 34.6 Å². The molecule has 214 valence electrons. The number of benzene rings is 1. The molecule has 2 aliphatic rings. The van der Waals surface area contributed by atoms with Crippen LogP contribution in [0.15, 0.2) is 28.7 Å². The Morgan fingerprint density at radius 1 is 1.24 bits per heavy atom. The smallest absolute Gasteiger partial charge is 0.249 e. The van der Waals surface area contributed by atoms with Crippen LogP contribution < -0.4 is 10.1 Å². The van der Waals surface area contributed by atoms with E-state index in [-0.39, 0.29) is 42.0 Å². The van der Waals surface area contributed by atoms with Crippen molar-refractivity contribution >= 4 is 36.1 Å². The molecular weight excluding hydrogens is 572 g/mol. The highest BCUT2D eigenvalue weighted by atomic mass is 79.9. The second-order valence-corrected chi connectivity index (χ2v) is 17.7. The largest absolute Gasteiger partial charge is 0.493 e. The van der Waals surface area contributed by atoms with E-state index < -0.39 is 26.3 Å². The van der Waals surface area contributed by atoms with Gasteiger partial charge in [0, 0.05) is 30.7 Å². The Labute approximate surface area is 236 Å². The molecule has 3 rings (SSSR count). The van der Waals surface area contributed by atoms with Crippen molar-refractivity contribution in [2.75, 3.05) is 40.0 Å². The Kier molecular flexibility index (Phi) is 10.1. The van der Waals surface area contributed by atoms with Gasteiger partial charge in [0.05, 0.1) is 13.2 Å². The van der Waals surface area contributed by atoms with Crippen LogP contribution in [-0.2, 0) is 28.2 Å². The summed E-state index contributed by atoms with van der Waals surface area (Å²) in [4.78, 5) is 27.8. The summed E-state index contributed by atoms with van der Waals surface area (Å²) in [5.41, 5.74) is 0. The van der Waals surface area contributed by atoms with Crippen molar-refractivity contribution in [1.29, 1.82) is 0 Å².